The summed E-state index contributed by atoms with van der Waals surface area (Å²) < 4.78 is 25.9. The van der Waals surface area contributed by atoms with Gasteiger partial charge in [-0.15, -0.1) is 0 Å². The molecule has 2 aliphatic heterocycles. The lowest BCUT2D eigenvalue weighted by Gasteiger charge is -2.24. The Balaban J connectivity index is 1.68. The molecule has 1 saturated heterocycles. The third-order valence-electron chi connectivity index (χ3n) is 6.53. The van der Waals surface area contributed by atoms with E-state index in [1.54, 1.807) is 0 Å². The highest BCUT2D eigenvalue weighted by atomic mass is 35.5. The van der Waals surface area contributed by atoms with E-state index in [9.17, 15) is 4.39 Å². The molecule has 5 heteroatoms. The lowest BCUT2D eigenvalue weighted by Crippen LogP contribution is -3.13. The first kappa shape index (κ1) is 22.9. The third kappa shape index (κ3) is 4.80. The molecule has 0 spiro atoms. The average molecular weight is 477 g/mol. The number of nitrogens with one attached hydrogen (secondary N) is 1. The molecular formula is C29H28ClFNO2+. The van der Waals surface area contributed by atoms with Crippen molar-refractivity contribution in [1.29, 1.82) is 0 Å². The molecule has 1 N–H and O–H groups in total. The van der Waals surface area contributed by atoms with Gasteiger partial charge in [-0.25, -0.2) is 4.39 Å². The van der Waals surface area contributed by atoms with Crippen LogP contribution in [0.25, 0.3) is 5.76 Å². The number of fused-ring (bicyclic) bond motifs is 1. The Labute approximate surface area is 205 Å². The fraction of sp³-hybridized carbons (Fsp3) is 0.241. The molecule has 0 bridgehead atoms. The number of hydrogen-bond donors (Lipinski definition) is 1. The molecule has 1 atom stereocenters. The second kappa shape index (κ2) is 10.1. The van der Waals surface area contributed by atoms with Gasteiger partial charge in [0.15, 0.2) is 5.76 Å². The summed E-state index contributed by atoms with van der Waals surface area (Å²) in [5, 5.41) is 0.585. The van der Waals surface area contributed by atoms with E-state index >= 15 is 0 Å². The molecule has 3 aromatic rings. The molecule has 0 amide bonds. The number of aryl methyl sites for hydroxylation is 1. The summed E-state index contributed by atoms with van der Waals surface area (Å²) in [7, 11) is 0. The van der Waals surface area contributed by atoms with Crippen LogP contribution < -0.4 is 9.64 Å². The minimum absolute atomic E-state index is 0.173. The molecule has 1 unspecified atom stereocenters. The van der Waals surface area contributed by atoms with Crippen molar-refractivity contribution in [2.45, 2.75) is 12.8 Å². The van der Waals surface area contributed by atoms with E-state index in [2.05, 4.69) is 31.2 Å². The number of benzene rings is 3. The third-order valence-corrected chi connectivity index (χ3v) is 6.92. The fourth-order valence-electron chi connectivity index (χ4n) is 4.62. The first-order valence-corrected chi connectivity index (χ1v) is 12.1. The van der Waals surface area contributed by atoms with E-state index in [1.165, 1.54) is 22.6 Å². The largest absolute Gasteiger partial charge is 0.455 e. The monoisotopic (exact) mass is 476 g/mol. The Morgan fingerprint density at radius 2 is 1.68 bits per heavy atom. The van der Waals surface area contributed by atoms with Gasteiger partial charge in [-0.2, -0.15) is 0 Å². The Morgan fingerprint density at radius 3 is 2.41 bits per heavy atom. The molecule has 174 valence electrons. The minimum Gasteiger partial charge on any atom is -0.455 e. The highest BCUT2D eigenvalue weighted by Crippen LogP contribution is 2.47. The van der Waals surface area contributed by atoms with Crippen LogP contribution in [0.1, 0.15) is 28.2 Å². The summed E-state index contributed by atoms with van der Waals surface area (Å²) in [6.07, 6.45) is 2.23. The fourth-order valence-corrected chi connectivity index (χ4v) is 4.96. The maximum Gasteiger partial charge on any atom is 0.153 e. The topological polar surface area (TPSA) is 22.9 Å². The number of morpholine rings is 1. The molecule has 0 aliphatic carbocycles. The van der Waals surface area contributed by atoms with Crippen molar-refractivity contribution in [3.63, 3.8) is 0 Å². The van der Waals surface area contributed by atoms with Crippen molar-refractivity contribution in [3.8, 4) is 5.75 Å². The number of para-hydroxylation sites is 1. The molecule has 2 aliphatic rings. The van der Waals surface area contributed by atoms with Gasteiger partial charge in [-0.1, -0.05) is 71.8 Å². The maximum absolute atomic E-state index is 13.8. The first-order chi connectivity index (χ1) is 16.6. The highest BCUT2D eigenvalue weighted by Gasteiger charge is 2.31. The van der Waals surface area contributed by atoms with Crippen LogP contribution in [0.2, 0.25) is 0 Å². The molecule has 3 nitrogen and oxygen atoms in total. The van der Waals surface area contributed by atoms with Crippen LogP contribution >= 0.6 is 11.6 Å². The van der Waals surface area contributed by atoms with Crippen molar-refractivity contribution < 1.29 is 18.8 Å². The number of halogens is 2. The van der Waals surface area contributed by atoms with Crippen molar-refractivity contribution in [2.75, 3.05) is 32.8 Å². The minimum atomic E-state index is -0.257. The van der Waals surface area contributed by atoms with Crippen LogP contribution in [0.4, 0.5) is 4.39 Å². The zero-order valence-corrected chi connectivity index (χ0v) is 19.9. The van der Waals surface area contributed by atoms with E-state index in [4.69, 9.17) is 21.1 Å². The molecule has 0 aromatic heterocycles. The summed E-state index contributed by atoms with van der Waals surface area (Å²) in [5.74, 6) is 0.967. The lowest BCUT2D eigenvalue weighted by molar-refractivity contribution is -0.902. The van der Waals surface area contributed by atoms with Crippen molar-refractivity contribution in [3.05, 3.63) is 118 Å². The zero-order valence-electron chi connectivity index (χ0n) is 19.2. The summed E-state index contributed by atoms with van der Waals surface area (Å²) in [6, 6.07) is 22.9. The molecule has 2 heterocycles. The van der Waals surface area contributed by atoms with Crippen LogP contribution in [0.5, 0.6) is 5.75 Å². The highest BCUT2D eigenvalue weighted by molar-refractivity contribution is 6.35. The smallest absolute Gasteiger partial charge is 0.153 e. The quantitative estimate of drug-likeness (QED) is 0.565. The predicted octanol–water partition coefficient (Wildman–Crippen LogP) is 5.11. The molecule has 3 aromatic carbocycles. The van der Waals surface area contributed by atoms with Gasteiger partial charge in [0, 0.05) is 17.0 Å². The van der Waals surface area contributed by atoms with Gasteiger partial charge in [-0.05, 0) is 42.3 Å². The van der Waals surface area contributed by atoms with Gasteiger partial charge in [0.05, 0.1) is 24.8 Å². The van der Waals surface area contributed by atoms with Gasteiger partial charge < -0.3 is 14.4 Å². The maximum atomic E-state index is 13.8. The van der Waals surface area contributed by atoms with Gasteiger partial charge in [0.1, 0.15) is 24.7 Å². The van der Waals surface area contributed by atoms with Crippen LogP contribution in [-0.4, -0.2) is 32.8 Å². The molecule has 0 saturated carbocycles. The SMILES string of the molecule is Cc1ccc(C2=C(Cl)C(=CC[NH+]3CCOCC3)C(c3ccc(F)cc3)c3ccccc3O2)cc1. The standard InChI is InChI=1S/C29H27ClFNO2/c1-20-6-8-22(9-7-20)29-28(30)25(14-15-32-16-18-33-19-17-32)27(21-10-12-23(31)13-11-21)24-4-2-3-5-26(24)34-29/h2-14,27H,15-19H2,1H3/p+1. The second-order valence-electron chi connectivity index (χ2n) is 8.86. The van der Waals surface area contributed by atoms with Crippen LogP contribution in [0, 0.1) is 12.7 Å². The summed E-state index contributed by atoms with van der Waals surface area (Å²) in [6.45, 7) is 6.35. The number of ether oxygens (including phenoxy) is 2. The van der Waals surface area contributed by atoms with E-state index in [0.717, 1.165) is 60.9 Å². The molecular weight excluding hydrogens is 449 g/mol. The lowest BCUT2D eigenvalue weighted by atomic mass is 9.83. The normalized spacial score (nSPS) is 20.1. The van der Waals surface area contributed by atoms with Gasteiger partial charge in [0.2, 0.25) is 0 Å². The second-order valence-corrected chi connectivity index (χ2v) is 9.24. The van der Waals surface area contributed by atoms with Gasteiger partial charge >= 0.3 is 0 Å². The van der Waals surface area contributed by atoms with Crippen LogP contribution in [-0.2, 0) is 4.74 Å². The zero-order chi connectivity index (χ0) is 23.5. The Hall–Kier alpha value is -2.92. The van der Waals surface area contributed by atoms with Crippen LogP contribution in [0.15, 0.2) is 89.5 Å². The molecule has 0 radical (unpaired) electrons. The summed E-state index contributed by atoms with van der Waals surface area (Å²) in [5.41, 5.74) is 5.06. The molecule has 1 fully saturated rings. The van der Waals surface area contributed by atoms with E-state index in [0.29, 0.717) is 10.8 Å². The number of quaternary nitrogens is 1. The first-order valence-electron chi connectivity index (χ1n) is 11.7. The van der Waals surface area contributed by atoms with Crippen molar-refractivity contribution in [1.82, 2.24) is 0 Å². The van der Waals surface area contributed by atoms with E-state index in [-0.39, 0.29) is 11.7 Å². The summed E-state index contributed by atoms with van der Waals surface area (Å²) in [4.78, 5) is 1.46. The number of rotatable bonds is 4. The van der Waals surface area contributed by atoms with Gasteiger partial charge in [0.25, 0.3) is 0 Å². The Morgan fingerprint density at radius 1 is 0.971 bits per heavy atom. The Bertz CT molecular complexity index is 1210. The van der Waals surface area contributed by atoms with Crippen molar-refractivity contribution in [2.24, 2.45) is 0 Å². The average Bonchev–Trinajstić information content (AvgIpc) is 2.99. The Kier molecular flexibility index (Phi) is 6.82. The van der Waals surface area contributed by atoms with E-state index in [1.807, 2.05) is 42.5 Å². The van der Waals surface area contributed by atoms with Crippen LogP contribution in [0.3, 0.4) is 0 Å². The van der Waals surface area contributed by atoms with E-state index < -0.39 is 0 Å². The predicted molar refractivity (Wildman–Crippen MR) is 134 cm³/mol. The van der Waals surface area contributed by atoms with Crippen molar-refractivity contribution >= 4 is 17.4 Å². The number of hydrogen-bond acceptors (Lipinski definition) is 2. The van der Waals surface area contributed by atoms with Gasteiger partial charge in [-0.3, -0.25) is 0 Å². The summed E-state index contributed by atoms with van der Waals surface area (Å²) >= 11 is 7.19. The molecule has 5 rings (SSSR count). The molecule has 34 heavy (non-hydrogen) atoms. The number of allylic oxidation sites excluding steroid dienone is 2.